The van der Waals surface area contributed by atoms with Gasteiger partial charge in [-0.1, -0.05) is 51.1 Å². The van der Waals surface area contributed by atoms with Crippen LogP contribution in [0.5, 0.6) is 0 Å². The fourth-order valence-electron chi connectivity index (χ4n) is 2.70. The Kier molecular flexibility index (Phi) is 8.03. The maximum absolute atomic E-state index is 11.9. The highest BCUT2D eigenvalue weighted by atomic mass is 28.4. The average molecular weight is 395 g/mol. The minimum atomic E-state index is -1.87. The molecule has 2 rings (SSSR count). The van der Waals surface area contributed by atoms with Gasteiger partial charge in [-0.3, -0.25) is 0 Å². The molecule has 0 aromatic heterocycles. The van der Waals surface area contributed by atoms with Gasteiger partial charge in [0, 0.05) is 6.61 Å². The Labute approximate surface area is 164 Å². The Hall–Kier alpha value is -1.21. The zero-order valence-electron chi connectivity index (χ0n) is 17.3. The molecule has 0 radical (unpaired) electrons. The fraction of sp³-hybridized carbons (Fsp3) is 0.667. The van der Waals surface area contributed by atoms with Crippen molar-refractivity contribution >= 4 is 14.3 Å². The number of carbonyl (C=O) groups is 1. The van der Waals surface area contributed by atoms with E-state index >= 15 is 0 Å². The lowest BCUT2D eigenvalue weighted by Gasteiger charge is -2.42. The molecule has 1 aliphatic rings. The van der Waals surface area contributed by atoms with Gasteiger partial charge in [0.25, 0.3) is 0 Å². The number of hydrogen-bond donors (Lipinski definition) is 0. The molecule has 1 aliphatic heterocycles. The Morgan fingerprint density at radius 1 is 1.22 bits per heavy atom. The van der Waals surface area contributed by atoms with Crippen LogP contribution in [0.2, 0.25) is 18.1 Å². The van der Waals surface area contributed by atoms with Crippen molar-refractivity contribution in [3.05, 3.63) is 35.9 Å². The van der Waals surface area contributed by atoms with E-state index in [4.69, 9.17) is 18.6 Å². The number of carbonyl (C=O) groups excluding carboxylic acids is 1. The number of ether oxygens (including phenoxy) is 3. The van der Waals surface area contributed by atoms with Crippen LogP contribution in [0, 0.1) is 0 Å². The molecule has 1 fully saturated rings. The molecule has 0 saturated carbocycles. The van der Waals surface area contributed by atoms with Crippen LogP contribution in [0.25, 0.3) is 0 Å². The largest absolute Gasteiger partial charge is 0.459 e. The molecule has 0 N–H and O–H groups in total. The zero-order valence-corrected chi connectivity index (χ0v) is 18.3. The summed E-state index contributed by atoms with van der Waals surface area (Å²) in [6.45, 7) is 12.5. The molecular weight excluding hydrogens is 360 g/mol. The van der Waals surface area contributed by atoms with E-state index in [1.807, 2.05) is 30.3 Å². The highest BCUT2D eigenvalue weighted by molar-refractivity contribution is 6.74. The number of rotatable bonds is 8. The quantitative estimate of drug-likeness (QED) is 0.486. The summed E-state index contributed by atoms with van der Waals surface area (Å²) in [7, 11) is -1.87. The van der Waals surface area contributed by atoms with E-state index in [2.05, 4.69) is 33.9 Å². The van der Waals surface area contributed by atoms with Crippen molar-refractivity contribution in [1.82, 2.24) is 0 Å². The first-order chi connectivity index (χ1) is 12.7. The topological polar surface area (TPSA) is 54.0 Å². The predicted octanol–water partition coefficient (Wildman–Crippen LogP) is 4.32. The van der Waals surface area contributed by atoms with Gasteiger partial charge in [0.2, 0.25) is 0 Å². The maximum atomic E-state index is 11.9. The van der Waals surface area contributed by atoms with Crippen LogP contribution >= 0.6 is 0 Å². The summed E-state index contributed by atoms with van der Waals surface area (Å²) in [5.74, 6) is -0.364. The molecule has 0 unspecified atom stereocenters. The third-order valence-electron chi connectivity index (χ3n) is 5.38. The molecule has 0 bridgehead atoms. The summed E-state index contributed by atoms with van der Waals surface area (Å²) in [5, 5.41) is 0.150. The van der Waals surface area contributed by atoms with Crippen molar-refractivity contribution in [2.45, 2.75) is 70.6 Å². The second-order valence-electron chi connectivity index (χ2n) is 8.63. The summed E-state index contributed by atoms with van der Waals surface area (Å²) in [6, 6.07) is 9.62. The summed E-state index contributed by atoms with van der Waals surface area (Å²) in [6.07, 6.45) is 1.86. The average Bonchev–Trinajstić information content (AvgIpc) is 2.61. The SMILES string of the molecule is CC(C)(C)[Si](C)(C)O[C@@H]1CCCO[C@@H]1COCC(=O)OCc1ccccc1. The fourth-order valence-corrected chi connectivity index (χ4v) is 4.08. The second-order valence-corrected chi connectivity index (χ2v) is 13.4. The molecule has 5 nitrogen and oxygen atoms in total. The Morgan fingerprint density at radius 2 is 1.93 bits per heavy atom. The van der Waals surface area contributed by atoms with Crippen LogP contribution in [0.15, 0.2) is 30.3 Å². The first-order valence-corrected chi connectivity index (χ1v) is 12.7. The first kappa shape index (κ1) is 22.1. The number of hydrogen-bond acceptors (Lipinski definition) is 5. The third-order valence-corrected chi connectivity index (χ3v) is 9.88. The normalized spacial score (nSPS) is 21.1. The molecule has 0 aliphatic carbocycles. The number of esters is 1. The minimum Gasteiger partial charge on any atom is -0.459 e. The van der Waals surface area contributed by atoms with Gasteiger partial charge in [-0.05, 0) is 36.5 Å². The van der Waals surface area contributed by atoms with Crippen molar-refractivity contribution < 1.29 is 23.4 Å². The molecule has 27 heavy (non-hydrogen) atoms. The lowest BCUT2D eigenvalue weighted by atomic mass is 10.1. The van der Waals surface area contributed by atoms with Gasteiger partial charge in [0.1, 0.15) is 19.3 Å². The van der Waals surface area contributed by atoms with E-state index in [0.717, 1.165) is 18.4 Å². The molecule has 1 aromatic rings. The second kappa shape index (κ2) is 9.82. The predicted molar refractivity (Wildman–Crippen MR) is 108 cm³/mol. The van der Waals surface area contributed by atoms with E-state index in [-0.39, 0.29) is 36.4 Å². The Bertz CT molecular complexity index is 582. The Morgan fingerprint density at radius 3 is 2.59 bits per heavy atom. The molecule has 1 saturated heterocycles. The van der Waals surface area contributed by atoms with Crippen LogP contribution < -0.4 is 0 Å². The minimum absolute atomic E-state index is 0.0278. The van der Waals surface area contributed by atoms with Gasteiger partial charge in [0.05, 0.1) is 12.7 Å². The van der Waals surface area contributed by atoms with Gasteiger partial charge >= 0.3 is 5.97 Å². The molecule has 0 spiro atoms. The smallest absolute Gasteiger partial charge is 0.332 e. The molecular formula is C21H34O5Si. The van der Waals surface area contributed by atoms with Gasteiger partial charge in [-0.25, -0.2) is 4.79 Å². The van der Waals surface area contributed by atoms with E-state index < -0.39 is 8.32 Å². The molecule has 1 aromatic carbocycles. The van der Waals surface area contributed by atoms with E-state index in [0.29, 0.717) is 13.2 Å². The van der Waals surface area contributed by atoms with Crippen LogP contribution in [0.3, 0.4) is 0 Å². The van der Waals surface area contributed by atoms with Crippen LogP contribution in [-0.4, -0.2) is 46.3 Å². The van der Waals surface area contributed by atoms with Crippen molar-refractivity contribution in [3.8, 4) is 0 Å². The number of benzene rings is 1. The van der Waals surface area contributed by atoms with Gasteiger partial charge in [0.15, 0.2) is 8.32 Å². The third kappa shape index (κ3) is 7.03. The summed E-state index contributed by atoms with van der Waals surface area (Å²) >= 11 is 0. The summed E-state index contributed by atoms with van der Waals surface area (Å²) in [4.78, 5) is 11.9. The molecule has 6 heteroatoms. The van der Waals surface area contributed by atoms with Crippen molar-refractivity contribution in [2.75, 3.05) is 19.8 Å². The molecule has 1 heterocycles. The maximum Gasteiger partial charge on any atom is 0.332 e. The molecule has 2 atom stereocenters. The van der Waals surface area contributed by atoms with Gasteiger partial charge in [-0.15, -0.1) is 0 Å². The van der Waals surface area contributed by atoms with E-state index in [1.165, 1.54) is 0 Å². The summed E-state index contributed by atoms with van der Waals surface area (Å²) < 4.78 is 23.2. The van der Waals surface area contributed by atoms with Gasteiger partial charge < -0.3 is 18.6 Å². The standard InChI is InChI=1S/C21H34O5Si/c1-21(2,3)27(4,5)26-18-12-9-13-24-19(18)15-23-16-20(22)25-14-17-10-7-6-8-11-17/h6-8,10-11,18-19H,9,12-16H2,1-5H3/t18-,19-/m1/s1. The highest BCUT2D eigenvalue weighted by Gasteiger charge is 2.41. The molecule has 152 valence electrons. The highest BCUT2D eigenvalue weighted by Crippen LogP contribution is 2.38. The van der Waals surface area contributed by atoms with E-state index in [1.54, 1.807) is 0 Å². The van der Waals surface area contributed by atoms with Crippen molar-refractivity contribution in [1.29, 1.82) is 0 Å². The lowest BCUT2D eigenvalue weighted by Crippen LogP contribution is -2.50. The van der Waals surface area contributed by atoms with Crippen LogP contribution in [0.4, 0.5) is 0 Å². The van der Waals surface area contributed by atoms with Crippen molar-refractivity contribution in [2.24, 2.45) is 0 Å². The monoisotopic (exact) mass is 394 g/mol. The van der Waals surface area contributed by atoms with Crippen LogP contribution in [-0.2, 0) is 30.0 Å². The lowest BCUT2D eigenvalue weighted by molar-refractivity contribution is -0.154. The van der Waals surface area contributed by atoms with Gasteiger partial charge in [-0.2, -0.15) is 0 Å². The van der Waals surface area contributed by atoms with E-state index in [9.17, 15) is 4.79 Å². The first-order valence-electron chi connectivity index (χ1n) is 9.76. The zero-order chi connectivity index (χ0) is 19.9. The molecule has 0 amide bonds. The Balaban J connectivity index is 1.76. The summed E-state index contributed by atoms with van der Waals surface area (Å²) in [5.41, 5.74) is 0.962. The van der Waals surface area contributed by atoms with Crippen LogP contribution in [0.1, 0.15) is 39.2 Å². The van der Waals surface area contributed by atoms with Crippen molar-refractivity contribution in [3.63, 3.8) is 0 Å².